The Morgan fingerprint density at radius 3 is 2.45 bits per heavy atom. The van der Waals surface area contributed by atoms with Crippen LogP contribution >= 0.6 is 0 Å². The van der Waals surface area contributed by atoms with Crippen molar-refractivity contribution in [2.45, 2.75) is 26.2 Å². The van der Waals surface area contributed by atoms with Crippen LogP contribution in [0.2, 0.25) is 0 Å². The van der Waals surface area contributed by atoms with Crippen molar-refractivity contribution in [3.05, 3.63) is 52.4 Å². The first-order valence-corrected chi connectivity index (χ1v) is 10.1. The lowest BCUT2D eigenvalue weighted by Gasteiger charge is -2.38. The van der Waals surface area contributed by atoms with Crippen LogP contribution in [0, 0.1) is 11.8 Å². The van der Waals surface area contributed by atoms with E-state index in [0.29, 0.717) is 29.0 Å². The fourth-order valence-corrected chi connectivity index (χ4v) is 4.25. The SMILES string of the molecule is COCCOC(=O)C1=C(C)NC2=C(C(=O)[C@@H](C(=O)OC)[C@H](C)C2)[C@@H]1c1ccc(O)cc1. The van der Waals surface area contributed by atoms with Crippen molar-refractivity contribution in [2.24, 2.45) is 11.8 Å². The van der Waals surface area contributed by atoms with E-state index < -0.39 is 23.8 Å². The fraction of sp³-hybridized carbons (Fsp3) is 0.435. The zero-order valence-corrected chi connectivity index (χ0v) is 18.1. The highest BCUT2D eigenvalue weighted by atomic mass is 16.6. The highest BCUT2D eigenvalue weighted by Gasteiger charge is 2.47. The van der Waals surface area contributed by atoms with Gasteiger partial charge in [-0.3, -0.25) is 9.59 Å². The molecule has 31 heavy (non-hydrogen) atoms. The first-order chi connectivity index (χ1) is 14.8. The van der Waals surface area contributed by atoms with Gasteiger partial charge in [0.2, 0.25) is 0 Å². The van der Waals surface area contributed by atoms with Crippen LogP contribution in [0.5, 0.6) is 5.75 Å². The Labute approximate surface area is 180 Å². The second-order valence-electron chi connectivity index (χ2n) is 7.76. The molecule has 3 atom stereocenters. The summed E-state index contributed by atoms with van der Waals surface area (Å²) in [6.07, 6.45) is 0.457. The van der Waals surface area contributed by atoms with E-state index in [9.17, 15) is 19.5 Å². The zero-order valence-electron chi connectivity index (χ0n) is 18.1. The molecule has 1 aliphatic heterocycles. The Balaban J connectivity index is 2.11. The number of carbonyl (C=O) groups excluding carboxylic acids is 3. The summed E-state index contributed by atoms with van der Waals surface area (Å²) in [5.41, 5.74) is 2.53. The van der Waals surface area contributed by atoms with Gasteiger partial charge >= 0.3 is 11.9 Å². The fourth-order valence-electron chi connectivity index (χ4n) is 4.25. The molecule has 0 amide bonds. The van der Waals surface area contributed by atoms with E-state index in [1.54, 1.807) is 19.1 Å². The number of carbonyl (C=O) groups is 3. The highest BCUT2D eigenvalue weighted by Crippen LogP contribution is 2.45. The van der Waals surface area contributed by atoms with Crippen LogP contribution in [0.1, 0.15) is 31.7 Å². The van der Waals surface area contributed by atoms with Gasteiger partial charge < -0.3 is 24.6 Å². The molecule has 1 aromatic carbocycles. The molecule has 0 spiro atoms. The molecule has 1 heterocycles. The maximum Gasteiger partial charge on any atom is 0.336 e. The molecule has 0 bridgehead atoms. The number of ketones is 1. The second kappa shape index (κ2) is 9.34. The van der Waals surface area contributed by atoms with Gasteiger partial charge in [0.05, 0.1) is 19.3 Å². The number of phenolic OH excluding ortho intramolecular Hbond substituents is 1. The van der Waals surface area contributed by atoms with Gasteiger partial charge in [0.15, 0.2) is 5.78 Å². The van der Waals surface area contributed by atoms with Gasteiger partial charge in [-0.1, -0.05) is 19.1 Å². The summed E-state index contributed by atoms with van der Waals surface area (Å²) in [6.45, 7) is 3.89. The van der Waals surface area contributed by atoms with Crippen molar-refractivity contribution in [1.29, 1.82) is 0 Å². The predicted molar refractivity (Wildman–Crippen MR) is 111 cm³/mol. The number of rotatable bonds is 6. The largest absolute Gasteiger partial charge is 0.508 e. The third-order valence-electron chi connectivity index (χ3n) is 5.71. The van der Waals surface area contributed by atoms with E-state index in [0.717, 1.165) is 0 Å². The van der Waals surface area contributed by atoms with E-state index in [1.165, 1.54) is 26.4 Å². The Morgan fingerprint density at radius 1 is 1.16 bits per heavy atom. The third-order valence-corrected chi connectivity index (χ3v) is 5.71. The van der Waals surface area contributed by atoms with Crippen molar-refractivity contribution in [3.63, 3.8) is 0 Å². The minimum atomic E-state index is -0.950. The first kappa shape index (κ1) is 22.6. The van der Waals surface area contributed by atoms with Gasteiger partial charge in [-0.05, 0) is 37.0 Å². The van der Waals surface area contributed by atoms with Crippen molar-refractivity contribution < 1.29 is 33.7 Å². The molecule has 1 aromatic rings. The van der Waals surface area contributed by atoms with Crippen molar-refractivity contribution in [1.82, 2.24) is 5.32 Å². The highest BCUT2D eigenvalue weighted by molar-refractivity contribution is 6.12. The van der Waals surface area contributed by atoms with Crippen LogP contribution in [-0.4, -0.2) is 50.3 Å². The smallest absolute Gasteiger partial charge is 0.336 e. The maximum absolute atomic E-state index is 13.5. The van der Waals surface area contributed by atoms with E-state index in [1.807, 2.05) is 6.92 Å². The predicted octanol–water partition coefficient (Wildman–Crippen LogP) is 2.19. The van der Waals surface area contributed by atoms with Gasteiger partial charge in [-0.2, -0.15) is 0 Å². The first-order valence-electron chi connectivity index (χ1n) is 10.1. The van der Waals surface area contributed by atoms with E-state index >= 15 is 0 Å². The molecule has 0 fully saturated rings. The molecule has 0 saturated heterocycles. The number of hydrogen-bond acceptors (Lipinski definition) is 8. The average molecular weight is 429 g/mol. The molecular weight excluding hydrogens is 402 g/mol. The number of dihydropyridines is 1. The third kappa shape index (κ3) is 4.34. The van der Waals surface area contributed by atoms with Gasteiger partial charge in [-0.25, -0.2) is 4.79 Å². The molecule has 0 unspecified atom stereocenters. The lowest BCUT2D eigenvalue weighted by Crippen LogP contribution is -2.43. The summed E-state index contributed by atoms with van der Waals surface area (Å²) in [7, 11) is 2.76. The summed E-state index contributed by atoms with van der Waals surface area (Å²) in [5.74, 6) is -3.42. The standard InChI is InChI=1S/C23H27NO7/c1-12-11-16-20(21(26)17(12)22(27)30-4)19(14-5-7-15(25)8-6-14)18(13(2)24-16)23(28)31-10-9-29-3/h5-8,12,17,19,24-25H,9-11H2,1-4H3/t12-,17+,19-/m1/s1. The number of hydrogen-bond donors (Lipinski definition) is 2. The summed E-state index contributed by atoms with van der Waals surface area (Å²) in [4.78, 5) is 38.9. The van der Waals surface area contributed by atoms with Crippen LogP contribution in [0.25, 0.3) is 0 Å². The number of esters is 2. The Morgan fingerprint density at radius 2 is 1.84 bits per heavy atom. The molecule has 0 saturated carbocycles. The maximum atomic E-state index is 13.5. The number of methoxy groups -OCH3 is 2. The number of ether oxygens (including phenoxy) is 3. The molecule has 8 nitrogen and oxygen atoms in total. The summed E-state index contributed by atoms with van der Waals surface area (Å²) >= 11 is 0. The number of allylic oxidation sites excluding steroid dienone is 3. The summed E-state index contributed by atoms with van der Waals surface area (Å²) in [5, 5.41) is 12.9. The molecule has 8 heteroatoms. The quantitative estimate of drug-likeness (QED) is 0.402. The molecule has 0 radical (unpaired) electrons. The van der Waals surface area contributed by atoms with Crippen molar-refractivity contribution in [2.75, 3.05) is 27.4 Å². The Hall–Kier alpha value is -3.13. The minimum Gasteiger partial charge on any atom is -0.508 e. The summed E-state index contributed by atoms with van der Waals surface area (Å²) < 4.78 is 15.2. The van der Waals surface area contributed by atoms with Crippen molar-refractivity contribution in [3.8, 4) is 5.75 Å². The van der Waals surface area contributed by atoms with E-state index in [2.05, 4.69) is 5.32 Å². The van der Waals surface area contributed by atoms with Crippen LogP contribution in [0.15, 0.2) is 46.8 Å². The van der Waals surface area contributed by atoms with Gasteiger partial charge in [-0.15, -0.1) is 0 Å². The number of nitrogens with one attached hydrogen (secondary N) is 1. The summed E-state index contributed by atoms with van der Waals surface area (Å²) in [6, 6.07) is 6.30. The Bertz CT molecular complexity index is 945. The van der Waals surface area contributed by atoms with Crippen LogP contribution < -0.4 is 5.32 Å². The van der Waals surface area contributed by atoms with Gasteiger partial charge in [0, 0.05) is 30.0 Å². The minimum absolute atomic E-state index is 0.0628. The lowest BCUT2D eigenvalue weighted by molar-refractivity contribution is -0.151. The van der Waals surface area contributed by atoms with Crippen molar-refractivity contribution >= 4 is 17.7 Å². The average Bonchev–Trinajstić information content (AvgIpc) is 2.73. The monoisotopic (exact) mass is 429 g/mol. The van der Waals surface area contributed by atoms with Crippen LogP contribution in [0.3, 0.4) is 0 Å². The molecular formula is C23H27NO7. The molecule has 2 aliphatic rings. The lowest BCUT2D eigenvalue weighted by atomic mass is 9.69. The normalized spacial score (nSPS) is 23.2. The molecule has 0 aromatic heterocycles. The number of benzene rings is 1. The van der Waals surface area contributed by atoms with Crippen LogP contribution in [-0.2, 0) is 28.6 Å². The van der Waals surface area contributed by atoms with Gasteiger partial charge in [0.1, 0.15) is 18.3 Å². The Kier molecular flexibility index (Phi) is 6.80. The van der Waals surface area contributed by atoms with E-state index in [4.69, 9.17) is 14.2 Å². The molecule has 2 N–H and O–H groups in total. The molecule has 3 rings (SSSR count). The molecule has 1 aliphatic carbocycles. The topological polar surface area (TPSA) is 111 Å². The number of phenols is 1. The molecule has 166 valence electrons. The number of Topliss-reactive ketones (excluding diaryl/α,β-unsaturated/α-hetero) is 1. The van der Waals surface area contributed by atoms with Crippen LogP contribution in [0.4, 0.5) is 0 Å². The zero-order chi connectivity index (χ0) is 22.7. The second-order valence-corrected chi connectivity index (χ2v) is 7.76. The van der Waals surface area contributed by atoms with E-state index in [-0.39, 0.29) is 36.2 Å². The number of aromatic hydroxyl groups is 1. The van der Waals surface area contributed by atoms with Gasteiger partial charge in [0.25, 0.3) is 0 Å².